The van der Waals surface area contributed by atoms with E-state index in [0.717, 1.165) is 0 Å². The Balaban J connectivity index is 0. The Morgan fingerprint density at radius 3 is 1.96 bits per heavy atom. The molecule has 0 aromatic rings. The lowest BCUT2D eigenvalue weighted by Crippen LogP contribution is -2.60. The number of aliphatic hydroxyl groups excluding tert-OH is 1. The summed E-state index contributed by atoms with van der Waals surface area (Å²) in [6, 6.07) is -1.03. The lowest BCUT2D eigenvalue weighted by molar-refractivity contribution is -0.148. The third kappa shape index (κ3) is 7.82. The molecule has 0 bridgehead atoms. The van der Waals surface area contributed by atoms with Gasteiger partial charge < -0.3 is 20.5 Å². The van der Waals surface area contributed by atoms with Crippen molar-refractivity contribution in [2.24, 2.45) is 11.8 Å². The van der Waals surface area contributed by atoms with Gasteiger partial charge in [0.2, 0.25) is 11.8 Å². The number of hydroxylamine groups is 1. The molecule has 0 heterocycles. The monoisotopic (exact) mass is 373 g/mol. The number of terminal acetylenes is 1. The second-order valence-electron chi connectivity index (χ2n) is 6.52. The molecule has 0 saturated carbocycles. The molecule has 9 nitrogen and oxygen atoms in total. The molecule has 3 amide bonds. The molecule has 0 aliphatic heterocycles. The molecule has 0 aromatic heterocycles. The zero-order chi connectivity index (χ0) is 21.1. The molecule has 0 fully saturated rings. The molecule has 150 valence electrons. The van der Waals surface area contributed by atoms with Crippen molar-refractivity contribution in [2.75, 3.05) is 14.2 Å². The topological polar surface area (TPSA) is 137 Å². The first-order chi connectivity index (χ1) is 12.0. The van der Waals surface area contributed by atoms with Gasteiger partial charge in [-0.2, -0.15) is 0 Å². The van der Waals surface area contributed by atoms with Crippen LogP contribution in [-0.4, -0.2) is 59.9 Å². The molecular weight excluding hydrogens is 342 g/mol. The van der Waals surface area contributed by atoms with E-state index < -0.39 is 41.4 Å². The van der Waals surface area contributed by atoms with Crippen LogP contribution in [0.1, 0.15) is 34.1 Å². The second-order valence-corrected chi connectivity index (χ2v) is 6.52. The van der Waals surface area contributed by atoms with E-state index >= 15 is 0 Å². The highest BCUT2D eigenvalue weighted by Crippen LogP contribution is 2.19. The Morgan fingerprint density at radius 1 is 1.12 bits per heavy atom. The molecule has 0 saturated heterocycles. The van der Waals surface area contributed by atoms with Gasteiger partial charge in [-0.15, -0.1) is 12.8 Å². The average molecular weight is 373 g/mol. The summed E-state index contributed by atoms with van der Waals surface area (Å²) in [5.74, 6) is -3.37. The molecular formula is C17H31N3O6. The van der Waals surface area contributed by atoms with Crippen LogP contribution in [0, 0.1) is 24.7 Å². The summed E-state index contributed by atoms with van der Waals surface area (Å²) in [5, 5.41) is 23.6. The van der Waals surface area contributed by atoms with Crippen LogP contribution >= 0.6 is 0 Å². The van der Waals surface area contributed by atoms with Gasteiger partial charge in [-0.1, -0.05) is 13.8 Å². The van der Waals surface area contributed by atoms with Crippen molar-refractivity contribution in [3.05, 3.63) is 0 Å². The quantitative estimate of drug-likeness (QED) is 0.208. The van der Waals surface area contributed by atoms with Crippen molar-refractivity contribution >= 4 is 17.7 Å². The zero-order valence-electron chi connectivity index (χ0n) is 16.2. The Hall–Kier alpha value is -2.15. The van der Waals surface area contributed by atoms with Crippen LogP contribution in [-0.2, 0) is 19.1 Å². The average Bonchev–Trinajstić information content (AvgIpc) is 2.63. The molecule has 1 unspecified atom stereocenters. The van der Waals surface area contributed by atoms with Crippen LogP contribution < -0.4 is 16.1 Å². The normalized spacial score (nSPS) is 14.3. The molecule has 9 heteroatoms. The molecule has 0 aliphatic rings. The van der Waals surface area contributed by atoms with Gasteiger partial charge in [-0.3, -0.25) is 19.6 Å². The summed E-state index contributed by atoms with van der Waals surface area (Å²) in [5.41, 5.74) is 0.318. The van der Waals surface area contributed by atoms with Crippen molar-refractivity contribution in [1.82, 2.24) is 16.1 Å². The molecule has 0 aromatic carbocycles. The minimum Gasteiger partial charge on any atom is -0.382 e. The second kappa shape index (κ2) is 12.2. The lowest BCUT2D eigenvalue weighted by Gasteiger charge is -2.34. The number of hydrogen-bond acceptors (Lipinski definition) is 6. The minimum absolute atomic E-state index is 0.00391. The van der Waals surface area contributed by atoms with E-state index in [9.17, 15) is 19.5 Å². The van der Waals surface area contributed by atoms with Gasteiger partial charge in [0.1, 0.15) is 12.1 Å². The Labute approximate surface area is 154 Å². The van der Waals surface area contributed by atoms with Crippen LogP contribution in [0.4, 0.5) is 0 Å². The number of nitrogens with one attached hydrogen (secondary N) is 3. The van der Waals surface area contributed by atoms with Gasteiger partial charge in [0, 0.05) is 14.2 Å². The van der Waals surface area contributed by atoms with Gasteiger partial charge >= 0.3 is 0 Å². The summed E-state index contributed by atoms with van der Waals surface area (Å²) in [7, 11) is 2.83. The van der Waals surface area contributed by atoms with E-state index in [1.165, 1.54) is 19.6 Å². The van der Waals surface area contributed by atoms with Crippen LogP contribution in [0.25, 0.3) is 0 Å². The number of carbonyl (C=O) groups is 3. The van der Waals surface area contributed by atoms with Crippen LogP contribution in [0.2, 0.25) is 0 Å². The number of likely N-dealkylation sites (N-methyl/N-ethyl adjacent to an activating group) is 1. The van der Waals surface area contributed by atoms with Crippen molar-refractivity contribution in [3.63, 3.8) is 0 Å². The van der Waals surface area contributed by atoms with Crippen molar-refractivity contribution in [2.45, 2.75) is 51.9 Å². The van der Waals surface area contributed by atoms with Crippen LogP contribution in [0.3, 0.4) is 0 Å². The summed E-state index contributed by atoms with van der Waals surface area (Å²) in [4.78, 5) is 36.1. The number of carbonyl (C=O) groups excluding carboxylic acids is 3. The molecule has 0 spiro atoms. The maximum absolute atomic E-state index is 12.6. The van der Waals surface area contributed by atoms with Crippen molar-refractivity contribution in [3.8, 4) is 12.8 Å². The minimum atomic E-state index is -1.74. The smallest absolute Gasteiger partial charge is 0.272 e. The summed E-state index contributed by atoms with van der Waals surface area (Å²) < 4.78 is 5.26. The lowest BCUT2D eigenvalue weighted by atomic mass is 9.89. The van der Waals surface area contributed by atoms with E-state index in [0.29, 0.717) is 0 Å². The largest absolute Gasteiger partial charge is 0.382 e. The van der Waals surface area contributed by atoms with E-state index in [1.54, 1.807) is 13.8 Å². The van der Waals surface area contributed by atoms with E-state index in [2.05, 4.69) is 23.5 Å². The first-order valence-corrected chi connectivity index (χ1v) is 8.04. The number of amides is 3. The number of methoxy groups -OCH3 is 1. The fourth-order valence-electron chi connectivity index (χ4n) is 2.20. The summed E-state index contributed by atoms with van der Waals surface area (Å²) in [6.07, 6.45) is 6.45. The van der Waals surface area contributed by atoms with E-state index in [4.69, 9.17) is 9.94 Å². The highest BCUT2D eigenvalue weighted by Gasteiger charge is 2.40. The first-order valence-electron chi connectivity index (χ1n) is 8.04. The number of aliphatic hydroxyl groups is 1. The highest BCUT2D eigenvalue weighted by atomic mass is 16.5. The van der Waals surface area contributed by atoms with Crippen molar-refractivity contribution < 1.29 is 29.4 Å². The third-order valence-corrected chi connectivity index (χ3v) is 3.84. The highest BCUT2D eigenvalue weighted by molar-refractivity contribution is 5.92. The number of ether oxygens (including phenoxy) is 1. The Morgan fingerprint density at radius 2 is 1.62 bits per heavy atom. The maximum Gasteiger partial charge on any atom is 0.272 e. The third-order valence-electron chi connectivity index (χ3n) is 3.84. The Bertz CT molecular complexity index is 490. The van der Waals surface area contributed by atoms with Crippen LogP contribution in [0.5, 0.6) is 0 Å². The first kappa shape index (κ1) is 26.1. The fourth-order valence-corrected chi connectivity index (χ4v) is 2.20. The van der Waals surface area contributed by atoms with Gasteiger partial charge in [0.15, 0.2) is 0 Å². The number of hydrogen-bond donors (Lipinski definition) is 5. The molecule has 3 atom stereocenters. The predicted molar refractivity (Wildman–Crippen MR) is 95.9 cm³/mol. The van der Waals surface area contributed by atoms with Gasteiger partial charge in [0.05, 0.1) is 11.5 Å². The molecule has 0 rings (SSSR count). The predicted octanol–water partition coefficient (Wildman–Crippen LogP) is -0.580. The number of rotatable bonds is 9. The van der Waals surface area contributed by atoms with Crippen LogP contribution in [0.15, 0.2) is 0 Å². The van der Waals surface area contributed by atoms with Gasteiger partial charge in [-0.25, -0.2) is 5.48 Å². The van der Waals surface area contributed by atoms with Gasteiger partial charge in [0.25, 0.3) is 5.91 Å². The molecule has 5 N–H and O–H groups in total. The van der Waals surface area contributed by atoms with E-state index in [-0.39, 0.29) is 12.3 Å². The zero-order valence-corrected chi connectivity index (χ0v) is 16.2. The maximum atomic E-state index is 12.6. The van der Waals surface area contributed by atoms with Crippen molar-refractivity contribution in [1.29, 1.82) is 0 Å². The Kier molecular flexibility index (Phi) is 12.3. The van der Waals surface area contributed by atoms with E-state index in [1.807, 2.05) is 13.8 Å². The summed E-state index contributed by atoms with van der Waals surface area (Å²) >= 11 is 0. The molecule has 0 radical (unpaired) electrons. The fraction of sp³-hybridized carbons (Fsp3) is 0.706. The standard InChI is InChI=1S/C15H29N3O6.C2H2/c1-8(2)7-9(10(19)13(21)18-23)12(20)17-11(14(22)16-5)15(3,4)24-6;1-2/h8-11,19,23H,7H2,1-6H3,(H,16,22)(H,17,20)(H,18,21);1-2H/t9-,10+,11?;/m1./s1. The molecule has 26 heavy (non-hydrogen) atoms. The SMILES string of the molecule is C#C.CNC(=O)C(NC(=O)[C@H](CC(C)C)[C@H](O)C(=O)NO)C(C)(C)OC. The molecule has 0 aliphatic carbocycles. The van der Waals surface area contributed by atoms with Gasteiger partial charge in [-0.05, 0) is 26.2 Å². The summed E-state index contributed by atoms with van der Waals surface area (Å²) in [6.45, 7) is 6.89.